The number of amides is 1. The van der Waals surface area contributed by atoms with E-state index in [1.165, 1.54) is 0 Å². The van der Waals surface area contributed by atoms with Gasteiger partial charge in [-0.1, -0.05) is 48.5 Å². The molecule has 25 heavy (non-hydrogen) atoms. The SMILES string of the molecule is C[C@]1(NC(=O)c2ccccc2)CN[C@H](C(=O)OCc2ccccc2)C1. The lowest BCUT2D eigenvalue weighted by atomic mass is 9.97. The zero-order chi connectivity index (χ0) is 17.7. The number of esters is 1. The molecule has 1 aliphatic rings. The van der Waals surface area contributed by atoms with Gasteiger partial charge < -0.3 is 15.4 Å². The Bertz CT molecular complexity index is 733. The van der Waals surface area contributed by atoms with Gasteiger partial charge in [-0.05, 0) is 31.0 Å². The van der Waals surface area contributed by atoms with Gasteiger partial charge in [-0.3, -0.25) is 9.59 Å². The minimum absolute atomic E-state index is 0.136. The van der Waals surface area contributed by atoms with Crippen LogP contribution in [0.1, 0.15) is 29.3 Å². The van der Waals surface area contributed by atoms with Crippen molar-refractivity contribution in [3.63, 3.8) is 0 Å². The quantitative estimate of drug-likeness (QED) is 0.821. The normalized spacial score (nSPS) is 22.4. The zero-order valence-electron chi connectivity index (χ0n) is 14.2. The highest BCUT2D eigenvalue weighted by Gasteiger charge is 2.40. The number of benzene rings is 2. The molecule has 0 bridgehead atoms. The number of carbonyl (C=O) groups excluding carboxylic acids is 2. The maximum absolute atomic E-state index is 12.3. The number of hydrogen-bond acceptors (Lipinski definition) is 4. The molecule has 2 aromatic rings. The topological polar surface area (TPSA) is 67.4 Å². The van der Waals surface area contributed by atoms with Gasteiger partial charge in [0.25, 0.3) is 5.91 Å². The second-order valence-electron chi connectivity index (χ2n) is 6.61. The van der Waals surface area contributed by atoms with Crippen LogP contribution in [0, 0.1) is 0 Å². The van der Waals surface area contributed by atoms with Crippen molar-refractivity contribution in [3.05, 3.63) is 71.8 Å². The zero-order valence-corrected chi connectivity index (χ0v) is 14.2. The second kappa shape index (κ2) is 7.49. The lowest BCUT2D eigenvalue weighted by molar-refractivity contribution is -0.147. The Balaban J connectivity index is 1.53. The minimum Gasteiger partial charge on any atom is -0.460 e. The fourth-order valence-corrected chi connectivity index (χ4v) is 2.97. The first-order valence-electron chi connectivity index (χ1n) is 8.37. The molecule has 2 aromatic carbocycles. The average Bonchev–Trinajstić information content (AvgIpc) is 3.03. The molecule has 0 spiro atoms. The van der Waals surface area contributed by atoms with Crippen LogP contribution >= 0.6 is 0 Å². The molecule has 1 heterocycles. The molecule has 0 radical (unpaired) electrons. The Morgan fingerprint density at radius 2 is 1.76 bits per heavy atom. The third-order valence-electron chi connectivity index (χ3n) is 4.35. The van der Waals surface area contributed by atoms with Crippen LogP contribution in [-0.2, 0) is 16.1 Å². The Labute approximate surface area is 147 Å². The van der Waals surface area contributed by atoms with Gasteiger partial charge in [0, 0.05) is 12.1 Å². The molecule has 2 atom stereocenters. The van der Waals surface area contributed by atoms with Crippen LogP contribution in [0.25, 0.3) is 0 Å². The summed E-state index contributed by atoms with van der Waals surface area (Å²) < 4.78 is 5.38. The lowest BCUT2D eigenvalue weighted by Gasteiger charge is -2.24. The minimum atomic E-state index is -0.483. The Kier molecular flexibility index (Phi) is 5.14. The van der Waals surface area contributed by atoms with E-state index in [9.17, 15) is 9.59 Å². The van der Waals surface area contributed by atoms with Crippen molar-refractivity contribution in [3.8, 4) is 0 Å². The summed E-state index contributed by atoms with van der Waals surface area (Å²) in [6.45, 7) is 2.72. The van der Waals surface area contributed by atoms with Gasteiger partial charge in [0.2, 0.25) is 0 Å². The Morgan fingerprint density at radius 3 is 2.44 bits per heavy atom. The maximum Gasteiger partial charge on any atom is 0.323 e. The molecule has 130 valence electrons. The fraction of sp³-hybridized carbons (Fsp3) is 0.300. The van der Waals surface area contributed by atoms with E-state index in [1.807, 2.05) is 55.5 Å². The summed E-state index contributed by atoms with van der Waals surface area (Å²) in [4.78, 5) is 24.6. The third-order valence-corrected chi connectivity index (χ3v) is 4.35. The number of nitrogens with one attached hydrogen (secondary N) is 2. The molecular formula is C20H22N2O3. The number of carbonyl (C=O) groups is 2. The predicted molar refractivity (Wildman–Crippen MR) is 95.0 cm³/mol. The van der Waals surface area contributed by atoms with Crippen molar-refractivity contribution in [2.45, 2.75) is 31.5 Å². The third kappa shape index (κ3) is 4.45. The Morgan fingerprint density at radius 1 is 1.12 bits per heavy atom. The summed E-state index contributed by atoms with van der Waals surface area (Å²) in [5.41, 5.74) is 1.08. The van der Waals surface area contributed by atoms with Crippen LogP contribution in [0.5, 0.6) is 0 Å². The summed E-state index contributed by atoms with van der Waals surface area (Å²) >= 11 is 0. The molecule has 1 aliphatic heterocycles. The van der Waals surface area contributed by atoms with Gasteiger partial charge in [0.1, 0.15) is 12.6 Å². The van der Waals surface area contributed by atoms with Crippen molar-refractivity contribution in [2.24, 2.45) is 0 Å². The van der Waals surface area contributed by atoms with Crippen LogP contribution in [0.2, 0.25) is 0 Å². The second-order valence-corrected chi connectivity index (χ2v) is 6.61. The van der Waals surface area contributed by atoms with Crippen molar-refractivity contribution < 1.29 is 14.3 Å². The fourth-order valence-electron chi connectivity index (χ4n) is 2.97. The average molecular weight is 338 g/mol. The number of ether oxygens (including phenoxy) is 1. The van der Waals surface area contributed by atoms with Crippen LogP contribution in [0.4, 0.5) is 0 Å². The smallest absolute Gasteiger partial charge is 0.323 e. The first-order valence-corrected chi connectivity index (χ1v) is 8.37. The van der Waals surface area contributed by atoms with E-state index in [-0.39, 0.29) is 18.5 Å². The van der Waals surface area contributed by atoms with Gasteiger partial charge >= 0.3 is 5.97 Å². The molecule has 5 heteroatoms. The largest absolute Gasteiger partial charge is 0.460 e. The molecule has 0 aromatic heterocycles. The molecule has 0 aliphatic carbocycles. The number of hydrogen-bond donors (Lipinski definition) is 2. The summed E-state index contributed by atoms with van der Waals surface area (Å²) in [6, 6.07) is 18.2. The predicted octanol–water partition coefficient (Wildman–Crippen LogP) is 2.28. The van der Waals surface area contributed by atoms with E-state index in [1.54, 1.807) is 12.1 Å². The first-order chi connectivity index (χ1) is 12.1. The van der Waals surface area contributed by atoms with E-state index >= 15 is 0 Å². The summed E-state index contributed by atoms with van der Waals surface area (Å²) in [7, 11) is 0. The summed E-state index contributed by atoms with van der Waals surface area (Å²) in [5, 5.41) is 6.17. The van der Waals surface area contributed by atoms with E-state index in [4.69, 9.17) is 4.74 Å². The summed E-state index contributed by atoms with van der Waals surface area (Å²) in [6.07, 6.45) is 0.499. The van der Waals surface area contributed by atoms with E-state index < -0.39 is 11.6 Å². The lowest BCUT2D eigenvalue weighted by Crippen LogP contribution is -2.47. The summed E-state index contributed by atoms with van der Waals surface area (Å²) in [5.74, 6) is -0.426. The molecule has 0 saturated carbocycles. The first kappa shape index (κ1) is 17.2. The molecule has 2 N–H and O–H groups in total. The monoisotopic (exact) mass is 338 g/mol. The van der Waals surface area contributed by atoms with Crippen LogP contribution in [0.3, 0.4) is 0 Å². The highest BCUT2D eigenvalue weighted by Crippen LogP contribution is 2.21. The highest BCUT2D eigenvalue weighted by atomic mass is 16.5. The van der Waals surface area contributed by atoms with Gasteiger partial charge in [0.15, 0.2) is 0 Å². The molecular weight excluding hydrogens is 316 g/mol. The van der Waals surface area contributed by atoms with E-state index in [0.717, 1.165) is 5.56 Å². The van der Waals surface area contributed by atoms with Gasteiger partial charge in [-0.25, -0.2) is 0 Å². The molecule has 3 rings (SSSR count). The highest BCUT2D eigenvalue weighted by molar-refractivity contribution is 5.94. The molecule has 1 saturated heterocycles. The maximum atomic E-state index is 12.3. The van der Waals surface area contributed by atoms with Crippen LogP contribution < -0.4 is 10.6 Å². The Hall–Kier alpha value is -2.66. The molecule has 1 amide bonds. The van der Waals surface area contributed by atoms with Crippen molar-refractivity contribution in [1.82, 2.24) is 10.6 Å². The van der Waals surface area contributed by atoms with Gasteiger partial charge in [0.05, 0.1) is 5.54 Å². The van der Waals surface area contributed by atoms with Gasteiger partial charge in [-0.2, -0.15) is 0 Å². The van der Waals surface area contributed by atoms with Gasteiger partial charge in [-0.15, -0.1) is 0 Å². The van der Waals surface area contributed by atoms with E-state index in [2.05, 4.69) is 10.6 Å². The molecule has 1 fully saturated rings. The molecule has 5 nitrogen and oxygen atoms in total. The van der Waals surface area contributed by atoms with Crippen molar-refractivity contribution in [2.75, 3.05) is 6.54 Å². The van der Waals surface area contributed by atoms with E-state index in [0.29, 0.717) is 18.5 Å². The van der Waals surface area contributed by atoms with Crippen molar-refractivity contribution in [1.29, 1.82) is 0 Å². The standard InChI is InChI=1S/C20H22N2O3/c1-20(22-18(23)16-10-6-3-7-11-16)12-17(21-14-20)19(24)25-13-15-8-4-2-5-9-15/h2-11,17,21H,12-14H2,1H3,(H,22,23)/t17-,20+/m0/s1. The number of rotatable bonds is 5. The molecule has 0 unspecified atom stereocenters. The van der Waals surface area contributed by atoms with Crippen LogP contribution in [0.15, 0.2) is 60.7 Å². The van der Waals surface area contributed by atoms with Crippen LogP contribution in [-0.4, -0.2) is 30.0 Å². The van der Waals surface area contributed by atoms with Crippen molar-refractivity contribution >= 4 is 11.9 Å².